The number of fused-ring (bicyclic) bond motifs is 1. The van der Waals surface area contributed by atoms with Gasteiger partial charge >= 0.3 is 6.09 Å². The second-order valence-corrected chi connectivity index (χ2v) is 12.9. The van der Waals surface area contributed by atoms with Crippen molar-refractivity contribution in [3.63, 3.8) is 0 Å². The second kappa shape index (κ2) is 13.4. The molecule has 1 unspecified atom stereocenters. The third kappa shape index (κ3) is 6.95. The van der Waals surface area contributed by atoms with Crippen molar-refractivity contribution >= 4 is 29.6 Å². The molecule has 41 heavy (non-hydrogen) atoms. The summed E-state index contributed by atoms with van der Waals surface area (Å²) < 4.78 is 5.66. The third-order valence-corrected chi connectivity index (χ3v) is 9.84. The summed E-state index contributed by atoms with van der Waals surface area (Å²) in [5, 5.41) is 8.23. The monoisotopic (exact) mass is 572 g/mol. The van der Waals surface area contributed by atoms with E-state index in [2.05, 4.69) is 36.4 Å². The molecule has 10 heteroatoms. The lowest BCUT2D eigenvalue weighted by Crippen LogP contribution is -2.59. The van der Waals surface area contributed by atoms with E-state index in [-0.39, 0.29) is 41.7 Å². The van der Waals surface area contributed by atoms with Crippen molar-refractivity contribution < 1.29 is 28.7 Å². The van der Waals surface area contributed by atoms with Gasteiger partial charge in [0.15, 0.2) is 0 Å². The van der Waals surface area contributed by atoms with Crippen molar-refractivity contribution in [1.82, 2.24) is 20.9 Å². The molecule has 3 saturated carbocycles. The number of amides is 4. The molecule has 0 aromatic rings. The summed E-state index contributed by atoms with van der Waals surface area (Å²) in [5.41, 5.74) is -0.125. The molecule has 228 valence electrons. The second-order valence-electron chi connectivity index (χ2n) is 12.9. The van der Waals surface area contributed by atoms with Gasteiger partial charge in [-0.1, -0.05) is 52.5 Å². The molecule has 1 heterocycles. The molecule has 0 spiro atoms. The maximum absolute atomic E-state index is 14.2. The van der Waals surface area contributed by atoms with Crippen molar-refractivity contribution in [2.24, 2.45) is 23.2 Å². The summed E-state index contributed by atoms with van der Waals surface area (Å²) in [6.45, 7) is 10.2. The van der Waals surface area contributed by atoms with Gasteiger partial charge in [-0.3, -0.25) is 19.2 Å². The highest BCUT2D eigenvalue weighted by atomic mass is 16.6. The molecule has 0 aromatic heterocycles. The van der Waals surface area contributed by atoms with E-state index in [4.69, 9.17) is 4.74 Å². The Morgan fingerprint density at radius 1 is 1.00 bits per heavy atom. The van der Waals surface area contributed by atoms with Crippen LogP contribution >= 0.6 is 0 Å². The summed E-state index contributed by atoms with van der Waals surface area (Å²) in [7, 11) is 0. The Morgan fingerprint density at radius 3 is 2.29 bits per heavy atom. The van der Waals surface area contributed by atoms with Crippen LogP contribution in [0.5, 0.6) is 0 Å². The van der Waals surface area contributed by atoms with Crippen molar-refractivity contribution in [2.75, 3.05) is 13.1 Å². The van der Waals surface area contributed by atoms with E-state index in [9.17, 15) is 24.0 Å². The van der Waals surface area contributed by atoms with Crippen LogP contribution in [0.2, 0.25) is 0 Å². The Morgan fingerprint density at radius 2 is 1.66 bits per heavy atom. The van der Waals surface area contributed by atoms with E-state index in [0.29, 0.717) is 19.4 Å². The van der Waals surface area contributed by atoms with Gasteiger partial charge < -0.3 is 25.6 Å². The lowest BCUT2D eigenvalue weighted by Gasteiger charge is -2.37. The van der Waals surface area contributed by atoms with Gasteiger partial charge in [0.1, 0.15) is 18.2 Å². The standard InChI is InChI=1S/C31H48N4O6/c1-5-12-22(26(36)28(38)32-17-6-2)33-27(37)25-23-21(31(23,3)4)18-35(25)29(39)24(19-13-8-7-9-14-19)34-30(40)41-20-15-10-11-16-20/h6,19-25H,2,5,7-18H2,1,3-4H3,(H,32,38)(H,33,37)(H,34,40)/t21-,22?,23-,24-,25-/m0/s1. The number of rotatable bonds is 12. The molecule has 0 radical (unpaired) electrons. The predicted octanol–water partition coefficient (Wildman–Crippen LogP) is 3.24. The highest BCUT2D eigenvalue weighted by Gasteiger charge is 2.69. The van der Waals surface area contributed by atoms with Crippen molar-refractivity contribution in [3.8, 4) is 0 Å². The van der Waals surface area contributed by atoms with Crippen LogP contribution in [0.15, 0.2) is 12.7 Å². The van der Waals surface area contributed by atoms with Gasteiger partial charge in [-0.05, 0) is 68.1 Å². The summed E-state index contributed by atoms with van der Waals surface area (Å²) in [6.07, 6.45) is 10.2. The van der Waals surface area contributed by atoms with Gasteiger partial charge in [-0.25, -0.2) is 4.79 Å². The maximum Gasteiger partial charge on any atom is 0.408 e. The number of hydrogen-bond donors (Lipinski definition) is 3. The Hall–Kier alpha value is -2.91. The largest absolute Gasteiger partial charge is 0.446 e. The molecule has 3 N–H and O–H groups in total. The SMILES string of the molecule is C=CCNC(=O)C(=O)C(CCC)NC(=O)[C@@H]1[C@@H]2[C@H](CN1C(=O)[C@@H](NC(=O)OC1CCCC1)C1CCCCC1)C2(C)C. The minimum absolute atomic E-state index is 0.0241. The zero-order chi connectivity index (χ0) is 29.7. The molecule has 1 aliphatic heterocycles. The van der Waals surface area contributed by atoms with Crippen molar-refractivity contribution in [2.45, 2.75) is 116 Å². The molecule has 4 aliphatic rings. The third-order valence-electron chi connectivity index (χ3n) is 9.84. The van der Waals surface area contributed by atoms with E-state index in [1.54, 1.807) is 4.90 Å². The van der Waals surface area contributed by atoms with Crippen LogP contribution in [-0.4, -0.2) is 71.8 Å². The number of nitrogens with one attached hydrogen (secondary N) is 3. The fourth-order valence-electron chi connectivity index (χ4n) is 7.38. The number of alkyl carbamates (subject to hydrolysis) is 1. The van der Waals surface area contributed by atoms with Crippen LogP contribution in [0.3, 0.4) is 0 Å². The quantitative estimate of drug-likeness (QED) is 0.243. The fourth-order valence-corrected chi connectivity index (χ4v) is 7.38. The molecule has 3 aliphatic carbocycles. The first kappa shape index (κ1) is 31.0. The average Bonchev–Trinajstić information content (AvgIpc) is 3.38. The maximum atomic E-state index is 14.2. The van der Waals surface area contributed by atoms with Crippen LogP contribution < -0.4 is 16.0 Å². The first-order valence-corrected chi connectivity index (χ1v) is 15.6. The molecule has 5 atom stereocenters. The number of carbonyl (C=O) groups is 5. The zero-order valence-electron chi connectivity index (χ0n) is 24.9. The van der Waals surface area contributed by atoms with Crippen LogP contribution in [0.25, 0.3) is 0 Å². The summed E-state index contributed by atoms with van der Waals surface area (Å²) in [5.74, 6) is -2.09. The lowest BCUT2D eigenvalue weighted by atomic mass is 9.83. The molecule has 4 rings (SSSR count). The smallest absolute Gasteiger partial charge is 0.408 e. The first-order valence-electron chi connectivity index (χ1n) is 15.6. The van der Waals surface area contributed by atoms with E-state index < -0.39 is 41.8 Å². The Balaban J connectivity index is 1.52. The molecule has 4 fully saturated rings. The van der Waals surface area contributed by atoms with Crippen LogP contribution in [0.1, 0.15) is 91.4 Å². The van der Waals surface area contributed by atoms with Crippen LogP contribution in [0.4, 0.5) is 4.79 Å². The van der Waals surface area contributed by atoms with Gasteiger partial charge in [-0.2, -0.15) is 0 Å². The van der Waals surface area contributed by atoms with E-state index >= 15 is 0 Å². The zero-order valence-corrected chi connectivity index (χ0v) is 24.9. The number of nitrogens with zero attached hydrogens (tertiary/aromatic N) is 1. The number of piperidine rings is 1. The molecule has 10 nitrogen and oxygen atoms in total. The number of likely N-dealkylation sites (tertiary alicyclic amines) is 1. The Kier molecular flexibility index (Phi) is 10.1. The van der Waals surface area contributed by atoms with Crippen LogP contribution in [0, 0.1) is 23.2 Å². The average molecular weight is 573 g/mol. The molecule has 4 amide bonds. The molecular formula is C31H48N4O6. The van der Waals surface area contributed by atoms with Crippen molar-refractivity contribution in [1.29, 1.82) is 0 Å². The van der Waals surface area contributed by atoms with E-state index in [0.717, 1.165) is 57.8 Å². The van der Waals surface area contributed by atoms with E-state index in [1.807, 2.05) is 6.92 Å². The summed E-state index contributed by atoms with van der Waals surface area (Å²) >= 11 is 0. The number of ketones is 1. The first-order chi connectivity index (χ1) is 19.6. The minimum Gasteiger partial charge on any atom is -0.446 e. The number of carbonyl (C=O) groups excluding carboxylic acids is 5. The minimum atomic E-state index is -0.983. The highest BCUT2D eigenvalue weighted by Crippen LogP contribution is 2.65. The topological polar surface area (TPSA) is 134 Å². The Labute approximate surface area is 243 Å². The van der Waals surface area contributed by atoms with Gasteiger partial charge in [-0.15, -0.1) is 6.58 Å². The summed E-state index contributed by atoms with van der Waals surface area (Å²) in [6, 6.07) is -2.52. The molecule has 0 aromatic carbocycles. The Bertz CT molecular complexity index is 1020. The van der Waals surface area contributed by atoms with Gasteiger partial charge in [0.2, 0.25) is 17.6 Å². The summed E-state index contributed by atoms with van der Waals surface area (Å²) in [4.78, 5) is 67.9. The molecular weight excluding hydrogens is 524 g/mol. The number of hydrogen-bond acceptors (Lipinski definition) is 6. The fraction of sp³-hybridized carbons (Fsp3) is 0.774. The van der Waals surface area contributed by atoms with Crippen LogP contribution in [-0.2, 0) is 23.9 Å². The lowest BCUT2D eigenvalue weighted by molar-refractivity contribution is -0.145. The number of ether oxygens (including phenoxy) is 1. The van der Waals surface area contributed by atoms with Gasteiger partial charge in [0.05, 0.1) is 6.04 Å². The van der Waals surface area contributed by atoms with E-state index in [1.165, 1.54) is 6.08 Å². The highest BCUT2D eigenvalue weighted by molar-refractivity contribution is 6.38. The normalized spacial score (nSPS) is 26.8. The molecule has 0 bridgehead atoms. The molecule has 1 saturated heterocycles. The van der Waals surface area contributed by atoms with Gasteiger partial charge in [0, 0.05) is 13.1 Å². The van der Waals surface area contributed by atoms with Crippen molar-refractivity contribution in [3.05, 3.63) is 12.7 Å². The number of Topliss-reactive ketones (excluding diaryl/α,β-unsaturated/α-hetero) is 1. The van der Waals surface area contributed by atoms with Gasteiger partial charge in [0.25, 0.3) is 5.91 Å². The predicted molar refractivity (Wildman–Crippen MR) is 154 cm³/mol.